The normalized spacial score (nSPS) is 10.8. The Morgan fingerprint density at radius 1 is 0.893 bits per heavy atom. The molecule has 2 aromatic carbocycles. The largest absolute Gasteiger partial charge is 0.483 e. The van der Waals surface area contributed by atoms with Gasteiger partial charge in [-0.2, -0.15) is 0 Å². The van der Waals surface area contributed by atoms with E-state index in [0.29, 0.717) is 6.07 Å². The number of hydrogen-bond donors (Lipinski definition) is 1. The number of amides is 1. The van der Waals surface area contributed by atoms with Gasteiger partial charge >= 0.3 is 0 Å². The second-order valence-corrected chi connectivity index (χ2v) is 5.43. The lowest BCUT2D eigenvalue weighted by Crippen LogP contribution is -2.15. The van der Waals surface area contributed by atoms with Gasteiger partial charge in [0.25, 0.3) is 5.91 Å². The molecule has 0 fully saturated rings. The van der Waals surface area contributed by atoms with Crippen LogP contribution in [0.4, 0.5) is 32.0 Å². The highest BCUT2D eigenvalue weighted by Gasteiger charge is 2.22. The van der Waals surface area contributed by atoms with Crippen LogP contribution in [0.5, 0.6) is 5.75 Å². The SMILES string of the molecule is O=C(Nc1c(F)c(F)cc(F)c1F)c1ccc(COc2ccc(F)cc2F)o1. The van der Waals surface area contributed by atoms with Crippen LogP contribution in [-0.4, -0.2) is 5.91 Å². The van der Waals surface area contributed by atoms with Crippen LogP contribution < -0.4 is 10.1 Å². The van der Waals surface area contributed by atoms with Crippen molar-refractivity contribution in [2.45, 2.75) is 6.61 Å². The molecule has 1 heterocycles. The number of carbonyl (C=O) groups excluding carboxylic acids is 1. The van der Waals surface area contributed by atoms with E-state index in [0.717, 1.165) is 18.2 Å². The topological polar surface area (TPSA) is 51.5 Å². The van der Waals surface area contributed by atoms with Gasteiger partial charge in [0.05, 0.1) is 0 Å². The monoisotopic (exact) mass is 401 g/mol. The molecule has 0 unspecified atom stereocenters. The second-order valence-electron chi connectivity index (χ2n) is 5.43. The minimum atomic E-state index is -1.78. The molecular weight excluding hydrogens is 392 g/mol. The molecule has 0 spiro atoms. The van der Waals surface area contributed by atoms with E-state index < -0.39 is 52.3 Å². The first kappa shape index (κ1) is 19.3. The molecule has 1 aromatic heterocycles. The van der Waals surface area contributed by atoms with Crippen molar-refractivity contribution in [2.24, 2.45) is 0 Å². The number of halogens is 6. The Morgan fingerprint density at radius 2 is 1.57 bits per heavy atom. The van der Waals surface area contributed by atoms with E-state index in [-0.39, 0.29) is 24.2 Å². The molecule has 3 aromatic rings. The summed E-state index contributed by atoms with van der Waals surface area (Å²) in [5.74, 6) is -10.6. The van der Waals surface area contributed by atoms with Gasteiger partial charge in [-0.3, -0.25) is 4.79 Å². The smallest absolute Gasteiger partial charge is 0.291 e. The summed E-state index contributed by atoms with van der Waals surface area (Å²) in [6.07, 6.45) is 0. The molecular formula is C18H9F6NO3. The van der Waals surface area contributed by atoms with Gasteiger partial charge in [-0.05, 0) is 24.3 Å². The van der Waals surface area contributed by atoms with E-state index in [1.165, 1.54) is 6.07 Å². The number of ether oxygens (including phenoxy) is 1. The molecule has 0 aliphatic rings. The van der Waals surface area contributed by atoms with Gasteiger partial charge in [0.2, 0.25) is 0 Å². The minimum absolute atomic E-state index is 0.00274. The third kappa shape index (κ3) is 3.95. The van der Waals surface area contributed by atoms with Crippen LogP contribution in [0.15, 0.2) is 40.8 Å². The molecule has 28 heavy (non-hydrogen) atoms. The zero-order chi connectivity index (χ0) is 20.4. The highest BCUT2D eigenvalue weighted by Crippen LogP contribution is 2.25. The van der Waals surface area contributed by atoms with Crippen LogP contribution >= 0.6 is 0 Å². The van der Waals surface area contributed by atoms with E-state index in [2.05, 4.69) is 0 Å². The predicted octanol–water partition coefficient (Wildman–Crippen LogP) is 4.95. The lowest BCUT2D eigenvalue weighted by Gasteiger charge is -2.08. The van der Waals surface area contributed by atoms with E-state index in [9.17, 15) is 31.1 Å². The Morgan fingerprint density at radius 3 is 2.21 bits per heavy atom. The van der Waals surface area contributed by atoms with Gasteiger partial charge in [-0.25, -0.2) is 26.3 Å². The van der Waals surface area contributed by atoms with E-state index >= 15 is 0 Å². The molecule has 0 aliphatic carbocycles. The molecule has 3 rings (SSSR count). The fourth-order valence-corrected chi connectivity index (χ4v) is 2.18. The summed E-state index contributed by atoms with van der Waals surface area (Å²) in [6, 6.07) is 4.97. The van der Waals surface area contributed by atoms with Crippen molar-refractivity contribution >= 4 is 11.6 Å². The van der Waals surface area contributed by atoms with Crippen LogP contribution in [0.1, 0.15) is 16.3 Å². The van der Waals surface area contributed by atoms with E-state index in [4.69, 9.17) is 9.15 Å². The van der Waals surface area contributed by atoms with Crippen LogP contribution in [-0.2, 0) is 6.61 Å². The van der Waals surface area contributed by atoms with Gasteiger partial charge in [-0.1, -0.05) is 0 Å². The summed E-state index contributed by atoms with van der Waals surface area (Å²) in [6.45, 7) is -0.354. The van der Waals surface area contributed by atoms with Gasteiger partial charge in [0, 0.05) is 12.1 Å². The molecule has 0 atom stereocenters. The summed E-state index contributed by atoms with van der Waals surface area (Å²) in [5.41, 5.74) is -1.31. The van der Waals surface area contributed by atoms with Gasteiger partial charge in [0.1, 0.15) is 23.9 Å². The van der Waals surface area contributed by atoms with Crippen molar-refractivity contribution in [1.82, 2.24) is 0 Å². The fraction of sp³-hybridized carbons (Fsp3) is 0.0556. The molecule has 1 amide bonds. The first-order chi connectivity index (χ1) is 13.3. The summed E-state index contributed by atoms with van der Waals surface area (Å²) in [5, 5.41) is 1.67. The van der Waals surface area contributed by atoms with Crippen LogP contribution in [0.25, 0.3) is 0 Å². The zero-order valence-corrected chi connectivity index (χ0v) is 13.7. The first-order valence-corrected chi connectivity index (χ1v) is 7.57. The number of anilines is 1. The van der Waals surface area contributed by atoms with E-state index in [1.807, 2.05) is 0 Å². The number of furan rings is 1. The van der Waals surface area contributed by atoms with Crippen LogP contribution in [0.2, 0.25) is 0 Å². The number of hydrogen-bond acceptors (Lipinski definition) is 3. The maximum absolute atomic E-state index is 13.6. The number of carbonyl (C=O) groups is 1. The van der Waals surface area contributed by atoms with Gasteiger partial charge < -0.3 is 14.5 Å². The van der Waals surface area contributed by atoms with E-state index in [1.54, 1.807) is 5.32 Å². The van der Waals surface area contributed by atoms with Crippen molar-refractivity contribution in [1.29, 1.82) is 0 Å². The predicted molar refractivity (Wildman–Crippen MR) is 83.6 cm³/mol. The second kappa shape index (κ2) is 7.67. The summed E-state index contributed by atoms with van der Waals surface area (Å²) in [7, 11) is 0. The van der Waals surface area contributed by atoms with Crippen molar-refractivity contribution in [3.8, 4) is 5.75 Å². The van der Waals surface area contributed by atoms with Crippen LogP contribution in [0, 0.1) is 34.9 Å². The number of nitrogens with one attached hydrogen (secondary N) is 1. The summed E-state index contributed by atoms with van der Waals surface area (Å²) < 4.78 is 90.0. The molecule has 0 bridgehead atoms. The standard InChI is InChI=1S/C18H9F6NO3/c19-8-1-3-13(10(20)5-8)27-7-9-2-4-14(28-9)18(26)25-17-15(23)11(21)6-12(22)16(17)24/h1-6H,7H2,(H,25,26). The molecule has 0 radical (unpaired) electrons. The molecule has 0 saturated heterocycles. The fourth-order valence-electron chi connectivity index (χ4n) is 2.18. The molecule has 0 saturated carbocycles. The Hall–Kier alpha value is -3.43. The molecule has 10 heteroatoms. The molecule has 0 aliphatic heterocycles. The Balaban J connectivity index is 1.71. The maximum atomic E-state index is 13.6. The van der Waals surface area contributed by atoms with Gasteiger partial charge in [-0.15, -0.1) is 0 Å². The highest BCUT2D eigenvalue weighted by molar-refractivity contribution is 6.02. The average molecular weight is 401 g/mol. The van der Waals surface area contributed by atoms with Crippen molar-refractivity contribution in [3.63, 3.8) is 0 Å². The molecule has 4 nitrogen and oxygen atoms in total. The van der Waals surface area contributed by atoms with Crippen LogP contribution in [0.3, 0.4) is 0 Å². The molecule has 1 N–H and O–H groups in total. The number of rotatable bonds is 5. The quantitative estimate of drug-likeness (QED) is 0.487. The summed E-state index contributed by atoms with van der Waals surface area (Å²) in [4.78, 5) is 12.0. The van der Waals surface area contributed by atoms with Gasteiger partial charge in [0.15, 0.2) is 40.6 Å². The Bertz CT molecular complexity index is 1020. The maximum Gasteiger partial charge on any atom is 0.291 e. The lowest BCUT2D eigenvalue weighted by atomic mass is 10.2. The minimum Gasteiger partial charge on any atom is -0.483 e. The summed E-state index contributed by atoms with van der Waals surface area (Å²) >= 11 is 0. The number of benzene rings is 2. The highest BCUT2D eigenvalue weighted by atomic mass is 19.2. The zero-order valence-electron chi connectivity index (χ0n) is 13.7. The molecule has 146 valence electrons. The van der Waals surface area contributed by atoms with Crippen molar-refractivity contribution < 1.29 is 40.3 Å². The van der Waals surface area contributed by atoms with Crippen molar-refractivity contribution in [2.75, 3.05) is 5.32 Å². The third-order valence-electron chi connectivity index (χ3n) is 3.50. The average Bonchev–Trinajstić information content (AvgIpc) is 3.12. The Kier molecular flexibility index (Phi) is 5.30. The Labute approximate surface area is 153 Å². The lowest BCUT2D eigenvalue weighted by molar-refractivity contribution is 0.0991. The van der Waals surface area contributed by atoms with Crippen molar-refractivity contribution in [3.05, 3.63) is 82.8 Å². The first-order valence-electron chi connectivity index (χ1n) is 7.57. The third-order valence-corrected chi connectivity index (χ3v) is 3.50.